The Hall–Kier alpha value is -1.35. The molecule has 2 fully saturated rings. The normalized spacial score (nSPS) is 18.4. The van der Waals surface area contributed by atoms with Gasteiger partial charge in [0.15, 0.2) is 0 Å². The van der Waals surface area contributed by atoms with Crippen molar-refractivity contribution in [3.05, 3.63) is 35.4 Å². The topological polar surface area (TPSA) is 32.3 Å². The van der Waals surface area contributed by atoms with E-state index >= 15 is 0 Å². The fraction of sp³-hybridized carbons (Fsp3) is 0.562. The Labute approximate surface area is 115 Å². The maximum absolute atomic E-state index is 12.3. The van der Waals surface area contributed by atoms with Crippen molar-refractivity contribution in [1.82, 2.24) is 10.2 Å². The first kappa shape index (κ1) is 12.7. The van der Waals surface area contributed by atoms with E-state index < -0.39 is 0 Å². The predicted molar refractivity (Wildman–Crippen MR) is 75.8 cm³/mol. The third-order valence-electron chi connectivity index (χ3n) is 3.86. The van der Waals surface area contributed by atoms with E-state index in [0.717, 1.165) is 6.54 Å². The van der Waals surface area contributed by atoms with Crippen molar-refractivity contribution in [2.45, 2.75) is 51.2 Å². The molecule has 3 rings (SSSR count). The zero-order chi connectivity index (χ0) is 13.2. The number of carbonyl (C=O) groups is 1. The summed E-state index contributed by atoms with van der Waals surface area (Å²) >= 11 is 0. The van der Waals surface area contributed by atoms with Crippen LogP contribution < -0.4 is 5.32 Å². The van der Waals surface area contributed by atoms with Gasteiger partial charge in [0.2, 0.25) is 5.91 Å². The molecule has 0 spiro atoms. The summed E-state index contributed by atoms with van der Waals surface area (Å²) in [5, 5.41) is 3.33. The molecule has 0 heterocycles. The van der Waals surface area contributed by atoms with E-state index in [1.165, 1.54) is 36.8 Å². The summed E-state index contributed by atoms with van der Waals surface area (Å²) in [6, 6.07) is 9.54. The minimum atomic E-state index is 0.260. The zero-order valence-corrected chi connectivity index (χ0v) is 11.6. The van der Waals surface area contributed by atoms with Gasteiger partial charge in [-0.1, -0.05) is 29.8 Å². The number of nitrogens with zero attached hydrogens (tertiary/aromatic N) is 1. The lowest BCUT2D eigenvalue weighted by molar-refractivity contribution is -0.131. The van der Waals surface area contributed by atoms with Crippen LogP contribution in [-0.4, -0.2) is 29.4 Å². The minimum Gasteiger partial charge on any atom is -0.334 e. The largest absolute Gasteiger partial charge is 0.334 e. The number of rotatable bonds is 6. The second-order valence-corrected chi connectivity index (χ2v) is 5.90. The van der Waals surface area contributed by atoms with Crippen LogP contribution in [-0.2, 0) is 11.3 Å². The van der Waals surface area contributed by atoms with E-state index in [4.69, 9.17) is 0 Å². The van der Waals surface area contributed by atoms with Crippen LogP contribution in [0.2, 0.25) is 0 Å². The van der Waals surface area contributed by atoms with Crippen molar-refractivity contribution in [2.75, 3.05) is 6.54 Å². The molecule has 2 aliphatic carbocycles. The Morgan fingerprint density at radius 1 is 1.32 bits per heavy atom. The van der Waals surface area contributed by atoms with E-state index in [0.29, 0.717) is 18.6 Å². The van der Waals surface area contributed by atoms with Gasteiger partial charge in [-0.25, -0.2) is 0 Å². The van der Waals surface area contributed by atoms with Gasteiger partial charge in [-0.05, 0) is 38.2 Å². The van der Waals surface area contributed by atoms with Gasteiger partial charge in [0.1, 0.15) is 0 Å². The van der Waals surface area contributed by atoms with Gasteiger partial charge in [0.05, 0.1) is 6.54 Å². The number of carbonyl (C=O) groups excluding carboxylic acids is 1. The molecule has 2 saturated carbocycles. The van der Waals surface area contributed by atoms with Gasteiger partial charge in [0.25, 0.3) is 0 Å². The number of aryl methyl sites for hydroxylation is 1. The third kappa shape index (κ3) is 3.57. The van der Waals surface area contributed by atoms with Crippen molar-refractivity contribution in [1.29, 1.82) is 0 Å². The highest BCUT2D eigenvalue weighted by Gasteiger charge is 2.33. The fourth-order valence-electron chi connectivity index (χ4n) is 2.43. The summed E-state index contributed by atoms with van der Waals surface area (Å²) in [5.74, 6) is 0.260. The summed E-state index contributed by atoms with van der Waals surface area (Å²) in [6.45, 7) is 3.37. The molecule has 0 atom stereocenters. The van der Waals surface area contributed by atoms with Crippen LogP contribution in [0.25, 0.3) is 0 Å². The van der Waals surface area contributed by atoms with Crippen molar-refractivity contribution >= 4 is 5.91 Å². The summed E-state index contributed by atoms with van der Waals surface area (Å²) in [4.78, 5) is 14.4. The first-order valence-corrected chi connectivity index (χ1v) is 7.31. The first-order chi connectivity index (χ1) is 9.22. The quantitative estimate of drug-likeness (QED) is 0.848. The van der Waals surface area contributed by atoms with Crippen molar-refractivity contribution in [2.24, 2.45) is 0 Å². The molecule has 1 aromatic rings. The third-order valence-corrected chi connectivity index (χ3v) is 3.86. The van der Waals surface area contributed by atoms with Gasteiger partial charge < -0.3 is 10.2 Å². The molecular weight excluding hydrogens is 236 g/mol. The van der Waals surface area contributed by atoms with E-state index in [-0.39, 0.29) is 5.91 Å². The number of amides is 1. The van der Waals surface area contributed by atoms with Crippen LogP contribution in [0.3, 0.4) is 0 Å². The van der Waals surface area contributed by atoms with Crippen LogP contribution in [0, 0.1) is 6.92 Å². The highest BCUT2D eigenvalue weighted by Crippen LogP contribution is 2.28. The summed E-state index contributed by atoms with van der Waals surface area (Å²) in [7, 11) is 0. The van der Waals surface area contributed by atoms with Crippen LogP contribution in [0.5, 0.6) is 0 Å². The van der Waals surface area contributed by atoms with Gasteiger partial charge >= 0.3 is 0 Å². The first-order valence-electron chi connectivity index (χ1n) is 7.31. The molecule has 3 nitrogen and oxygen atoms in total. The average molecular weight is 258 g/mol. The molecular formula is C16H22N2O. The van der Waals surface area contributed by atoms with E-state index in [1.807, 2.05) is 0 Å². The smallest absolute Gasteiger partial charge is 0.237 e. The molecule has 1 aromatic carbocycles. The Balaban J connectivity index is 1.61. The van der Waals surface area contributed by atoms with Gasteiger partial charge in [0, 0.05) is 18.6 Å². The second-order valence-electron chi connectivity index (χ2n) is 5.90. The Kier molecular flexibility index (Phi) is 3.56. The minimum absolute atomic E-state index is 0.260. The molecule has 0 aliphatic heterocycles. The Morgan fingerprint density at radius 2 is 2.11 bits per heavy atom. The van der Waals surface area contributed by atoms with Crippen LogP contribution in [0.1, 0.15) is 36.8 Å². The highest BCUT2D eigenvalue weighted by atomic mass is 16.2. The Bertz CT molecular complexity index is 464. The number of hydrogen-bond donors (Lipinski definition) is 1. The predicted octanol–water partition coefficient (Wildman–Crippen LogP) is 2.24. The lowest BCUT2D eigenvalue weighted by Crippen LogP contribution is -2.39. The van der Waals surface area contributed by atoms with Gasteiger partial charge in [-0.15, -0.1) is 0 Å². The number of nitrogens with one attached hydrogen (secondary N) is 1. The summed E-state index contributed by atoms with van der Waals surface area (Å²) in [6.07, 6.45) is 4.80. The monoisotopic (exact) mass is 258 g/mol. The zero-order valence-electron chi connectivity index (χ0n) is 11.6. The number of hydrogen-bond acceptors (Lipinski definition) is 2. The van der Waals surface area contributed by atoms with Crippen LogP contribution >= 0.6 is 0 Å². The molecule has 1 amide bonds. The van der Waals surface area contributed by atoms with E-state index in [1.54, 1.807) is 0 Å². The molecule has 102 valence electrons. The van der Waals surface area contributed by atoms with Crippen molar-refractivity contribution in [3.63, 3.8) is 0 Å². The molecule has 19 heavy (non-hydrogen) atoms. The summed E-state index contributed by atoms with van der Waals surface area (Å²) < 4.78 is 0. The Morgan fingerprint density at radius 3 is 2.74 bits per heavy atom. The fourth-order valence-corrected chi connectivity index (χ4v) is 2.43. The molecule has 0 unspecified atom stereocenters. The molecule has 0 saturated heterocycles. The average Bonchev–Trinajstić information content (AvgIpc) is 3.27. The highest BCUT2D eigenvalue weighted by molar-refractivity contribution is 5.79. The maximum atomic E-state index is 12.3. The molecule has 0 bridgehead atoms. The molecule has 2 aliphatic rings. The standard InChI is InChI=1S/C16H22N2O/c1-12-3-2-4-13(9-12)11-18(15-7-8-15)16(19)10-17-14-5-6-14/h2-4,9,14-15,17H,5-8,10-11H2,1H3. The molecule has 0 aromatic heterocycles. The van der Waals surface area contributed by atoms with E-state index in [9.17, 15) is 4.79 Å². The molecule has 0 radical (unpaired) electrons. The van der Waals surface area contributed by atoms with E-state index in [2.05, 4.69) is 41.4 Å². The molecule has 1 N–H and O–H groups in total. The maximum Gasteiger partial charge on any atom is 0.237 e. The van der Waals surface area contributed by atoms with Crippen LogP contribution in [0.15, 0.2) is 24.3 Å². The molecule has 3 heteroatoms. The van der Waals surface area contributed by atoms with Crippen molar-refractivity contribution < 1.29 is 4.79 Å². The summed E-state index contributed by atoms with van der Waals surface area (Å²) in [5.41, 5.74) is 2.50. The van der Waals surface area contributed by atoms with Crippen LogP contribution in [0.4, 0.5) is 0 Å². The lowest BCUT2D eigenvalue weighted by Gasteiger charge is -2.23. The SMILES string of the molecule is Cc1cccc(CN(C(=O)CNC2CC2)C2CC2)c1. The lowest BCUT2D eigenvalue weighted by atomic mass is 10.1. The van der Waals surface area contributed by atoms with Gasteiger partial charge in [-0.2, -0.15) is 0 Å². The number of benzene rings is 1. The van der Waals surface area contributed by atoms with Crippen molar-refractivity contribution in [3.8, 4) is 0 Å². The van der Waals surface area contributed by atoms with Gasteiger partial charge in [-0.3, -0.25) is 4.79 Å². The second kappa shape index (κ2) is 5.33.